The Morgan fingerprint density at radius 2 is 1.93 bits per heavy atom. The van der Waals surface area contributed by atoms with Gasteiger partial charge in [0.1, 0.15) is 24.2 Å². The summed E-state index contributed by atoms with van der Waals surface area (Å²) < 4.78 is 10.7. The van der Waals surface area contributed by atoms with Crippen molar-refractivity contribution < 1.29 is 19.4 Å². The molecule has 3 atom stereocenters. The Kier molecular flexibility index (Phi) is 5.99. The zero-order chi connectivity index (χ0) is 20.3. The highest BCUT2D eigenvalue weighted by molar-refractivity contribution is 5.89. The molecule has 3 rings (SSSR count). The van der Waals surface area contributed by atoms with E-state index in [0.29, 0.717) is 11.8 Å². The second-order valence-corrected chi connectivity index (χ2v) is 7.09. The summed E-state index contributed by atoms with van der Waals surface area (Å²) in [7, 11) is 0. The van der Waals surface area contributed by atoms with Crippen molar-refractivity contribution in [3.63, 3.8) is 0 Å². The minimum absolute atomic E-state index is 0.0542. The molecule has 0 radical (unpaired) electrons. The smallest absolute Gasteiger partial charge is 0.416 e. The molecule has 1 fully saturated rings. The van der Waals surface area contributed by atoms with Crippen LogP contribution in [-0.4, -0.2) is 46.0 Å². The molecule has 0 spiro atoms. The van der Waals surface area contributed by atoms with Gasteiger partial charge in [-0.05, 0) is 51.5 Å². The van der Waals surface area contributed by atoms with Crippen LogP contribution < -0.4 is 15.0 Å². The summed E-state index contributed by atoms with van der Waals surface area (Å²) in [6, 6.07) is 8.93. The number of rotatable bonds is 7. The average Bonchev–Trinajstić information content (AvgIpc) is 3.04. The van der Waals surface area contributed by atoms with Crippen LogP contribution in [0, 0.1) is 0 Å². The van der Waals surface area contributed by atoms with Crippen LogP contribution in [0.15, 0.2) is 36.5 Å². The van der Waals surface area contributed by atoms with Crippen molar-refractivity contribution in [2.45, 2.75) is 52.0 Å². The Morgan fingerprint density at radius 3 is 2.57 bits per heavy atom. The van der Waals surface area contributed by atoms with Crippen LogP contribution in [0.2, 0.25) is 0 Å². The molecule has 2 heterocycles. The van der Waals surface area contributed by atoms with Gasteiger partial charge in [0.25, 0.3) is 0 Å². The van der Waals surface area contributed by atoms with E-state index in [1.807, 2.05) is 45.0 Å². The Bertz CT molecular complexity index is 810. The molecule has 1 saturated heterocycles. The van der Waals surface area contributed by atoms with Gasteiger partial charge < -0.3 is 19.9 Å². The lowest BCUT2D eigenvalue weighted by atomic mass is 10.1. The molecule has 1 aliphatic heterocycles. The fourth-order valence-electron chi connectivity index (χ4n) is 2.99. The number of aromatic nitrogens is 2. The Labute approximate surface area is 164 Å². The minimum Gasteiger partial charge on any atom is -0.491 e. The molecular weight excluding hydrogens is 360 g/mol. The number of aliphatic hydroxyl groups excluding tert-OH is 1. The first-order valence-corrected chi connectivity index (χ1v) is 9.35. The van der Waals surface area contributed by atoms with Gasteiger partial charge in [0.15, 0.2) is 0 Å². The molecule has 1 amide bonds. The summed E-state index contributed by atoms with van der Waals surface area (Å²) in [5, 5.41) is 13.1. The molecular formula is C20H26N4O4. The number of hydrogen-bond acceptors (Lipinski definition) is 7. The van der Waals surface area contributed by atoms with Crippen LogP contribution >= 0.6 is 0 Å². The fourth-order valence-corrected chi connectivity index (χ4v) is 2.99. The maximum atomic E-state index is 12.1. The number of aliphatic hydroxyl groups is 1. The molecule has 0 saturated carbocycles. The van der Waals surface area contributed by atoms with Gasteiger partial charge in [-0.2, -0.15) is 4.98 Å². The van der Waals surface area contributed by atoms with Crippen LogP contribution in [0.4, 0.5) is 16.6 Å². The molecule has 150 valence electrons. The number of nitrogens with zero attached hydrogens (tertiary/aromatic N) is 3. The number of carbonyl (C=O) groups is 1. The van der Waals surface area contributed by atoms with Crippen LogP contribution in [0.25, 0.3) is 0 Å². The molecule has 8 heteroatoms. The lowest BCUT2D eigenvalue weighted by Crippen LogP contribution is -2.41. The largest absolute Gasteiger partial charge is 0.491 e. The highest BCUT2D eigenvalue weighted by Gasteiger charge is 2.38. The number of ether oxygens (including phenoxy) is 2. The van der Waals surface area contributed by atoms with E-state index < -0.39 is 18.2 Å². The van der Waals surface area contributed by atoms with E-state index in [4.69, 9.17) is 9.47 Å². The molecule has 0 aliphatic carbocycles. The van der Waals surface area contributed by atoms with Gasteiger partial charge in [-0.25, -0.2) is 9.78 Å². The van der Waals surface area contributed by atoms with Crippen molar-refractivity contribution >= 4 is 17.9 Å². The molecule has 2 aromatic rings. The normalized spacial score (nSPS) is 18.7. The fraction of sp³-hybridized carbons (Fsp3) is 0.450. The van der Waals surface area contributed by atoms with Crippen molar-refractivity contribution in [2.24, 2.45) is 0 Å². The standard InChI is InChI=1S/C20H26N4O4/c1-12(2)28-16-7-5-15(6-8-16)13(3)22-19-21-10-9-18(23-19)24-17(14(4)25)11-27-20(24)26/h5-10,12-14,17,25H,11H2,1-4H3,(H,21,22,23)/t13-,14+,17?/m0/s1. The Balaban J connectivity index is 1.73. The van der Waals surface area contributed by atoms with E-state index in [1.54, 1.807) is 19.2 Å². The van der Waals surface area contributed by atoms with E-state index in [1.165, 1.54) is 4.90 Å². The molecule has 1 unspecified atom stereocenters. The molecule has 8 nitrogen and oxygen atoms in total. The monoisotopic (exact) mass is 386 g/mol. The van der Waals surface area contributed by atoms with Crippen LogP contribution in [0.1, 0.15) is 39.3 Å². The maximum absolute atomic E-state index is 12.1. The highest BCUT2D eigenvalue weighted by atomic mass is 16.6. The molecule has 2 N–H and O–H groups in total. The van der Waals surface area contributed by atoms with Crippen molar-refractivity contribution in [1.29, 1.82) is 0 Å². The summed E-state index contributed by atoms with van der Waals surface area (Å²) in [5.41, 5.74) is 1.05. The van der Waals surface area contributed by atoms with E-state index >= 15 is 0 Å². The van der Waals surface area contributed by atoms with E-state index in [9.17, 15) is 9.90 Å². The van der Waals surface area contributed by atoms with Gasteiger partial charge >= 0.3 is 6.09 Å². The maximum Gasteiger partial charge on any atom is 0.416 e. The van der Waals surface area contributed by atoms with Gasteiger partial charge in [-0.3, -0.25) is 4.90 Å². The number of benzene rings is 1. The third kappa shape index (κ3) is 4.51. The lowest BCUT2D eigenvalue weighted by molar-refractivity contribution is 0.142. The lowest BCUT2D eigenvalue weighted by Gasteiger charge is -2.23. The number of anilines is 2. The highest BCUT2D eigenvalue weighted by Crippen LogP contribution is 2.25. The van der Waals surface area contributed by atoms with Crippen molar-refractivity contribution in [1.82, 2.24) is 9.97 Å². The SMILES string of the molecule is CC(C)Oc1ccc([C@H](C)Nc2nccc(N3C(=O)OCC3[C@@H](C)O)n2)cc1. The molecule has 1 aromatic heterocycles. The number of hydrogen-bond donors (Lipinski definition) is 2. The van der Waals surface area contributed by atoms with Gasteiger partial charge in [-0.1, -0.05) is 12.1 Å². The zero-order valence-electron chi connectivity index (χ0n) is 16.5. The van der Waals surface area contributed by atoms with Gasteiger partial charge in [-0.15, -0.1) is 0 Å². The summed E-state index contributed by atoms with van der Waals surface area (Å²) >= 11 is 0. The van der Waals surface area contributed by atoms with E-state index in [2.05, 4.69) is 15.3 Å². The van der Waals surface area contributed by atoms with Gasteiger partial charge in [0.2, 0.25) is 5.95 Å². The van der Waals surface area contributed by atoms with E-state index in [-0.39, 0.29) is 18.8 Å². The predicted octanol–water partition coefficient (Wildman–Crippen LogP) is 3.14. The number of carbonyl (C=O) groups excluding carboxylic acids is 1. The molecule has 28 heavy (non-hydrogen) atoms. The predicted molar refractivity (Wildman–Crippen MR) is 106 cm³/mol. The molecule has 1 aromatic carbocycles. The number of nitrogens with one attached hydrogen (secondary N) is 1. The summed E-state index contributed by atoms with van der Waals surface area (Å²) in [6.07, 6.45) is 0.440. The Morgan fingerprint density at radius 1 is 1.21 bits per heavy atom. The van der Waals surface area contributed by atoms with Crippen molar-refractivity contribution in [3.05, 3.63) is 42.1 Å². The Hall–Kier alpha value is -2.87. The first-order chi connectivity index (χ1) is 13.3. The first kappa shape index (κ1) is 19.9. The molecule has 1 aliphatic rings. The summed E-state index contributed by atoms with van der Waals surface area (Å²) in [5.74, 6) is 1.59. The average molecular weight is 386 g/mol. The number of cyclic esters (lactones) is 1. The topological polar surface area (TPSA) is 96.8 Å². The minimum atomic E-state index is -0.733. The number of amides is 1. The van der Waals surface area contributed by atoms with E-state index in [0.717, 1.165) is 11.3 Å². The van der Waals surface area contributed by atoms with Crippen molar-refractivity contribution in [3.8, 4) is 5.75 Å². The van der Waals surface area contributed by atoms with Crippen LogP contribution in [0.5, 0.6) is 5.75 Å². The third-order valence-electron chi connectivity index (χ3n) is 4.45. The van der Waals surface area contributed by atoms with Gasteiger partial charge in [0.05, 0.1) is 18.2 Å². The first-order valence-electron chi connectivity index (χ1n) is 9.35. The second kappa shape index (κ2) is 8.43. The zero-order valence-corrected chi connectivity index (χ0v) is 16.5. The van der Waals surface area contributed by atoms with Crippen LogP contribution in [-0.2, 0) is 4.74 Å². The van der Waals surface area contributed by atoms with Gasteiger partial charge in [0, 0.05) is 6.20 Å². The quantitative estimate of drug-likeness (QED) is 0.754. The molecule has 0 bridgehead atoms. The summed E-state index contributed by atoms with van der Waals surface area (Å²) in [4.78, 5) is 22.1. The second-order valence-electron chi connectivity index (χ2n) is 7.09. The van der Waals surface area contributed by atoms with Crippen LogP contribution in [0.3, 0.4) is 0 Å². The third-order valence-corrected chi connectivity index (χ3v) is 4.45. The van der Waals surface area contributed by atoms with Crippen molar-refractivity contribution in [2.75, 3.05) is 16.8 Å². The summed E-state index contributed by atoms with van der Waals surface area (Å²) in [6.45, 7) is 7.72.